The van der Waals surface area contributed by atoms with E-state index in [-0.39, 0.29) is 18.9 Å². The normalized spacial score (nSPS) is 15.3. The van der Waals surface area contributed by atoms with Gasteiger partial charge in [0.25, 0.3) is 7.82 Å². The Kier molecular flexibility index (Phi) is 42.5. The minimum Gasteiger partial charge on any atom is -0.756 e. The fraction of sp³-hybridized carbons (Fsp3) is 0.582. The second-order valence-corrected chi connectivity index (χ2v) is 18.5. The molecule has 362 valence electrons. The summed E-state index contributed by atoms with van der Waals surface area (Å²) in [6.07, 6.45) is 68.0. The fourth-order valence-electron chi connectivity index (χ4n) is 5.96. The summed E-state index contributed by atoms with van der Waals surface area (Å²) in [5.74, 6) is -0.262. The number of carbonyl (C=O) groups excluding carboxylic acids is 1. The zero-order valence-electron chi connectivity index (χ0n) is 40.9. The number of phosphoric ester groups is 1. The molecule has 0 spiro atoms. The van der Waals surface area contributed by atoms with Crippen molar-refractivity contribution >= 4 is 13.7 Å². The summed E-state index contributed by atoms with van der Waals surface area (Å²) < 4.78 is 23.2. The Morgan fingerprint density at radius 2 is 0.969 bits per heavy atom. The molecule has 2 N–H and O–H groups in total. The van der Waals surface area contributed by atoms with Crippen molar-refractivity contribution < 1.29 is 32.9 Å². The monoisotopic (exact) mass is 907 g/mol. The molecule has 0 rings (SSSR count). The maximum Gasteiger partial charge on any atom is 0.268 e. The molecule has 0 aliphatic heterocycles. The summed E-state index contributed by atoms with van der Waals surface area (Å²) in [5.41, 5.74) is 0. The quantitative estimate of drug-likeness (QED) is 0.0273. The molecule has 0 saturated carbocycles. The summed E-state index contributed by atoms with van der Waals surface area (Å²) in [7, 11) is 1.18. The largest absolute Gasteiger partial charge is 0.756 e. The third kappa shape index (κ3) is 46.6. The van der Waals surface area contributed by atoms with Gasteiger partial charge in [-0.25, -0.2) is 0 Å². The lowest BCUT2D eigenvalue weighted by atomic mass is 10.1. The third-order valence-electron chi connectivity index (χ3n) is 9.82. The van der Waals surface area contributed by atoms with E-state index in [2.05, 4.69) is 141 Å². The zero-order chi connectivity index (χ0) is 47.1. The lowest BCUT2D eigenvalue weighted by Crippen LogP contribution is -2.45. The van der Waals surface area contributed by atoms with Crippen molar-refractivity contribution in [1.82, 2.24) is 5.32 Å². The van der Waals surface area contributed by atoms with Crippen molar-refractivity contribution in [3.63, 3.8) is 0 Å². The lowest BCUT2D eigenvalue weighted by molar-refractivity contribution is -0.870. The van der Waals surface area contributed by atoms with Crippen molar-refractivity contribution in [3.8, 4) is 0 Å². The predicted octanol–water partition coefficient (Wildman–Crippen LogP) is 13.8. The van der Waals surface area contributed by atoms with Crippen LogP contribution in [-0.4, -0.2) is 68.5 Å². The summed E-state index contributed by atoms with van der Waals surface area (Å²) in [6, 6.07) is -0.943. The van der Waals surface area contributed by atoms with Gasteiger partial charge in [-0.1, -0.05) is 173 Å². The van der Waals surface area contributed by atoms with Gasteiger partial charge in [0.1, 0.15) is 13.2 Å². The SMILES string of the molecule is CC/C=C\C/C=C\C/C=C\C/C=C\C/C=C\C/C=C\C/C=C\C/C=C\CCCCC(=O)NC(COP(=O)([O-])OCC[N+](C)(C)C)C(O)/C=C/CC/C=C/CC/C=C/CCCCCCC. The number of aliphatic hydroxyl groups excluding tert-OH is 1. The highest BCUT2D eigenvalue weighted by Gasteiger charge is 2.23. The number of nitrogens with zero attached hydrogens (tertiary/aromatic N) is 1. The van der Waals surface area contributed by atoms with Gasteiger partial charge in [0.05, 0.1) is 39.9 Å². The molecule has 8 nitrogen and oxygen atoms in total. The van der Waals surface area contributed by atoms with Crippen LogP contribution in [0.4, 0.5) is 0 Å². The smallest absolute Gasteiger partial charge is 0.268 e. The first kappa shape index (κ1) is 60.6. The molecule has 1 amide bonds. The van der Waals surface area contributed by atoms with E-state index in [0.717, 1.165) is 89.9 Å². The Balaban J connectivity index is 4.50. The van der Waals surface area contributed by atoms with Crippen molar-refractivity contribution in [2.45, 2.75) is 167 Å². The van der Waals surface area contributed by atoms with E-state index < -0.39 is 26.6 Å². The zero-order valence-corrected chi connectivity index (χ0v) is 41.8. The summed E-state index contributed by atoms with van der Waals surface area (Å²) in [4.78, 5) is 25.4. The highest BCUT2D eigenvalue weighted by Crippen LogP contribution is 2.38. The first-order valence-corrected chi connectivity index (χ1v) is 26.0. The Morgan fingerprint density at radius 1 is 0.562 bits per heavy atom. The van der Waals surface area contributed by atoms with E-state index in [4.69, 9.17) is 9.05 Å². The molecule has 0 aliphatic rings. The third-order valence-corrected chi connectivity index (χ3v) is 10.8. The van der Waals surface area contributed by atoms with E-state index in [9.17, 15) is 19.4 Å². The number of hydrogen-bond donors (Lipinski definition) is 2. The number of rotatable bonds is 42. The molecule has 3 unspecified atom stereocenters. The molecule has 0 bridgehead atoms. The van der Waals surface area contributed by atoms with E-state index in [1.54, 1.807) is 6.08 Å². The standard InChI is InChI=1S/C55H91N2O6P/c1-6-8-10-12-14-16-18-20-22-23-24-25-26-27-28-29-30-31-32-33-35-37-39-41-43-45-47-49-55(59)56-53(52-63-64(60,61)62-51-50-57(3,4)5)54(58)48-46-44-42-40-38-36-34-21-19-17-15-13-11-9-7-2/h8,10,14,16,19-22,24-25,27-28,30-31,33,35,38-41,46,48,53-54,58H,6-7,9,11-13,15,17-18,23,26,29,32,34,36-37,42-45,47,49-52H2,1-5H3,(H-,56,59,60,61)/b10-8-,16-14-,21-19+,22-20-,25-24-,28-27-,31-30-,35-33-,40-38+,41-39-,48-46+. The van der Waals surface area contributed by atoms with Crippen LogP contribution in [0.3, 0.4) is 0 Å². The maximum absolute atomic E-state index is 12.9. The van der Waals surface area contributed by atoms with E-state index in [0.29, 0.717) is 23.9 Å². The molecule has 3 atom stereocenters. The predicted molar refractivity (Wildman–Crippen MR) is 274 cm³/mol. The van der Waals surface area contributed by atoms with Gasteiger partial charge < -0.3 is 28.8 Å². The number of amides is 1. The number of phosphoric acid groups is 1. The minimum absolute atomic E-state index is 0.0260. The molecule has 0 aliphatic carbocycles. The summed E-state index contributed by atoms with van der Waals surface area (Å²) in [5, 5.41) is 13.7. The van der Waals surface area contributed by atoms with E-state index >= 15 is 0 Å². The van der Waals surface area contributed by atoms with Gasteiger partial charge in [-0.2, -0.15) is 0 Å². The molecular formula is C55H91N2O6P. The van der Waals surface area contributed by atoms with Gasteiger partial charge >= 0.3 is 0 Å². The van der Waals surface area contributed by atoms with Gasteiger partial charge in [-0.15, -0.1) is 0 Å². The number of unbranched alkanes of at least 4 members (excludes halogenated alkanes) is 9. The molecule has 0 aromatic heterocycles. The van der Waals surface area contributed by atoms with Crippen LogP contribution < -0.4 is 10.2 Å². The fourth-order valence-corrected chi connectivity index (χ4v) is 6.68. The Morgan fingerprint density at radius 3 is 1.44 bits per heavy atom. The van der Waals surface area contributed by atoms with Crippen molar-refractivity contribution in [3.05, 3.63) is 134 Å². The van der Waals surface area contributed by atoms with Crippen molar-refractivity contribution in [1.29, 1.82) is 0 Å². The van der Waals surface area contributed by atoms with Gasteiger partial charge in [0, 0.05) is 6.42 Å². The molecule has 0 aromatic carbocycles. The van der Waals surface area contributed by atoms with Crippen LogP contribution in [0.2, 0.25) is 0 Å². The van der Waals surface area contributed by atoms with Crippen LogP contribution in [0.15, 0.2) is 134 Å². The first-order chi connectivity index (χ1) is 31.0. The van der Waals surface area contributed by atoms with Gasteiger partial charge in [0.15, 0.2) is 0 Å². The maximum atomic E-state index is 12.9. The minimum atomic E-state index is -4.63. The number of nitrogens with one attached hydrogen (secondary N) is 1. The lowest BCUT2D eigenvalue weighted by Gasteiger charge is -2.29. The van der Waals surface area contributed by atoms with Crippen LogP contribution in [0.5, 0.6) is 0 Å². The number of allylic oxidation sites excluding steroid dienone is 21. The first-order valence-electron chi connectivity index (χ1n) is 24.5. The van der Waals surface area contributed by atoms with Gasteiger partial charge in [0.2, 0.25) is 5.91 Å². The number of carbonyl (C=O) groups is 1. The van der Waals surface area contributed by atoms with Crippen LogP contribution >= 0.6 is 7.82 Å². The average molecular weight is 907 g/mol. The molecule has 9 heteroatoms. The van der Waals surface area contributed by atoms with Crippen molar-refractivity contribution in [2.75, 3.05) is 40.9 Å². The second kappa shape index (κ2) is 44.8. The molecule has 0 fully saturated rings. The van der Waals surface area contributed by atoms with Gasteiger partial charge in [-0.05, 0) is 109 Å². The van der Waals surface area contributed by atoms with Crippen LogP contribution in [0.1, 0.15) is 155 Å². The summed E-state index contributed by atoms with van der Waals surface area (Å²) in [6.45, 7) is 4.42. The average Bonchev–Trinajstić information content (AvgIpc) is 3.25. The van der Waals surface area contributed by atoms with E-state index in [1.165, 1.54) is 32.1 Å². The molecular weight excluding hydrogens is 816 g/mol. The Hall–Kier alpha value is -3.36. The topological polar surface area (TPSA) is 108 Å². The molecule has 64 heavy (non-hydrogen) atoms. The van der Waals surface area contributed by atoms with E-state index in [1.807, 2.05) is 27.2 Å². The number of aliphatic hydroxyl groups is 1. The second-order valence-electron chi connectivity index (χ2n) is 17.1. The highest BCUT2D eigenvalue weighted by molar-refractivity contribution is 7.45. The molecule has 0 aromatic rings. The highest BCUT2D eigenvalue weighted by atomic mass is 31.2. The molecule has 0 heterocycles. The number of hydrogen-bond acceptors (Lipinski definition) is 6. The van der Waals surface area contributed by atoms with Crippen LogP contribution in [0.25, 0.3) is 0 Å². The van der Waals surface area contributed by atoms with Crippen LogP contribution in [0, 0.1) is 0 Å². The Bertz CT molecular complexity index is 1490. The van der Waals surface area contributed by atoms with Crippen molar-refractivity contribution in [2.24, 2.45) is 0 Å². The Labute approximate surface area is 392 Å². The summed E-state index contributed by atoms with van der Waals surface area (Å²) >= 11 is 0. The van der Waals surface area contributed by atoms with Gasteiger partial charge in [-0.3, -0.25) is 9.36 Å². The van der Waals surface area contributed by atoms with Crippen LogP contribution in [-0.2, 0) is 18.4 Å². The number of likely N-dealkylation sites (N-methyl/N-ethyl adjacent to an activating group) is 1. The number of quaternary nitrogens is 1. The molecule has 0 radical (unpaired) electrons. The molecule has 0 saturated heterocycles.